The van der Waals surface area contributed by atoms with Crippen molar-refractivity contribution in [3.63, 3.8) is 0 Å². The third-order valence-corrected chi connectivity index (χ3v) is 2.24. The van der Waals surface area contributed by atoms with Gasteiger partial charge < -0.3 is 15.7 Å². The normalized spacial score (nSPS) is 15.1. The van der Waals surface area contributed by atoms with Crippen LogP contribution in [-0.4, -0.2) is 21.5 Å². The molecular formula is C9H10N6. The summed E-state index contributed by atoms with van der Waals surface area (Å²) < 4.78 is 0. The average molecular weight is 202 g/mol. The van der Waals surface area contributed by atoms with Gasteiger partial charge in [-0.2, -0.15) is 0 Å². The molecule has 1 aliphatic heterocycles. The van der Waals surface area contributed by atoms with Gasteiger partial charge >= 0.3 is 0 Å². The van der Waals surface area contributed by atoms with Gasteiger partial charge in [-0.1, -0.05) is 0 Å². The molecule has 0 spiro atoms. The minimum atomic E-state index is 0.795. The Morgan fingerprint density at radius 3 is 3.20 bits per heavy atom. The first kappa shape index (κ1) is 8.25. The lowest BCUT2D eigenvalue weighted by molar-refractivity contribution is 0.702. The van der Waals surface area contributed by atoms with Crippen LogP contribution in [0.4, 0.5) is 5.82 Å². The predicted molar refractivity (Wildman–Crippen MR) is 56.7 cm³/mol. The van der Waals surface area contributed by atoms with Gasteiger partial charge in [0.15, 0.2) is 0 Å². The van der Waals surface area contributed by atoms with Gasteiger partial charge in [-0.05, 0) is 12.1 Å². The molecule has 0 fully saturated rings. The topological polar surface area (TPSA) is 77.7 Å². The van der Waals surface area contributed by atoms with E-state index in [4.69, 9.17) is 0 Å². The largest absolute Gasteiger partial charge is 0.346 e. The first-order chi connectivity index (χ1) is 7.43. The average Bonchev–Trinajstić information content (AvgIpc) is 2.87. The summed E-state index contributed by atoms with van der Waals surface area (Å²) in [6.07, 6.45) is 5.39. The lowest BCUT2D eigenvalue weighted by Gasteiger charge is -2.07. The Balaban J connectivity index is 1.99. The van der Waals surface area contributed by atoms with E-state index in [1.165, 1.54) is 6.33 Å². The van der Waals surface area contributed by atoms with Gasteiger partial charge in [-0.25, -0.2) is 15.4 Å². The van der Waals surface area contributed by atoms with Crippen molar-refractivity contribution in [2.24, 2.45) is 0 Å². The first-order valence-electron chi connectivity index (χ1n) is 4.67. The fourth-order valence-electron chi connectivity index (χ4n) is 1.53. The van der Waals surface area contributed by atoms with Crippen LogP contribution in [0.15, 0.2) is 30.5 Å². The number of hydrogen-bond donors (Lipinski definition) is 4. The second-order valence-electron chi connectivity index (χ2n) is 3.21. The SMILES string of the molecule is C1=C(Nc2ncnc3[nH]ccc23)NNC1. The number of hydrazine groups is 1. The molecule has 4 N–H and O–H groups in total. The van der Waals surface area contributed by atoms with E-state index in [-0.39, 0.29) is 0 Å². The summed E-state index contributed by atoms with van der Waals surface area (Å²) in [7, 11) is 0. The molecule has 6 heteroatoms. The Bertz CT molecular complexity index is 514. The van der Waals surface area contributed by atoms with Gasteiger partial charge in [-0.3, -0.25) is 0 Å². The second-order valence-corrected chi connectivity index (χ2v) is 3.21. The number of nitrogens with one attached hydrogen (secondary N) is 4. The molecule has 2 aromatic heterocycles. The molecule has 6 nitrogen and oxygen atoms in total. The minimum Gasteiger partial charge on any atom is -0.346 e. The maximum atomic E-state index is 4.19. The predicted octanol–water partition coefficient (Wildman–Crippen LogP) is 0.319. The van der Waals surface area contributed by atoms with E-state index in [1.807, 2.05) is 18.3 Å². The van der Waals surface area contributed by atoms with E-state index in [2.05, 4.69) is 31.1 Å². The molecule has 0 unspecified atom stereocenters. The highest BCUT2D eigenvalue weighted by atomic mass is 15.4. The maximum Gasteiger partial charge on any atom is 0.144 e. The fourth-order valence-corrected chi connectivity index (χ4v) is 1.53. The molecule has 3 heterocycles. The maximum absolute atomic E-state index is 4.19. The van der Waals surface area contributed by atoms with E-state index >= 15 is 0 Å². The van der Waals surface area contributed by atoms with E-state index in [1.54, 1.807) is 0 Å². The van der Waals surface area contributed by atoms with Crippen molar-refractivity contribution in [1.29, 1.82) is 0 Å². The lowest BCUT2D eigenvalue weighted by Crippen LogP contribution is -2.26. The van der Waals surface area contributed by atoms with E-state index in [0.717, 1.165) is 29.2 Å². The fraction of sp³-hybridized carbons (Fsp3) is 0.111. The Morgan fingerprint density at radius 2 is 2.33 bits per heavy atom. The lowest BCUT2D eigenvalue weighted by atomic mass is 10.4. The molecule has 0 atom stereocenters. The smallest absolute Gasteiger partial charge is 0.144 e. The van der Waals surface area contributed by atoms with Gasteiger partial charge in [0, 0.05) is 12.7 Å². The summed E-state index contributed by atoms with van der Waals surface area (Å²) in [5.74, 6) is 1.71. The van der Waals surface area contributed by atoms with Gasteiger partial charge in [0.05, 0.1) is 5.39 Å². The number of aromatic nitrogens is 3. The van der Waals surface area contributed by atoms with Gasteiger partial charge in [0.25, 0.3) is 0 Å². The molecule has 0 radical (unpaired) electrons. The number of hydrogen-bond acceptors (Lipinski definition) is 5. The highest BCUT2D eigenvalue weighted by Crippen LogP contribution is 2.18. The van der Waals surface area contributed by atoms with Crippen LogP contribution in [0.25, 0.3) is 11.0 Å². The molecule has 0 amide bonds. The zero-order valence-corrected chi connectivity index (χ0v) is 7.91. The van der Waals surface area contributed by atoms with E-state index < -0.39 is 0 Å². The summed E-state index contributed by atoms with van der Waals surface area (Å²) in [4.78, 5) is 11.3. The summed E-state index contributed by atoms with van der Waals surface area (Å²) in [5.41, 5.74) is 6.80. The molecule has 76 valence electrons. The number of anilines is 1. The van der Waals surface area contributed by atoms with Crippen molar-refractivity contribution in [3.05, 3.63) is 30.5 Å². The highest BCUT2D eigenvalue weighted by molar-refractivity contribution is 5.87. The molecule has 1 aliphatic rings. The molecule has 0 saturated carbocycles. The molecule has 0 saturated heterocycles. The summed E-state index contributed by atoms with van der Waals surface area (Å²) >= 11 is 0. The Labute approximate surface area is 85.8 Å². The molecule has 3 rings (SSSR count). The van der Waals surface area contributed by atoms with Crippen LogP contribution in [-0.2, 0) is 0 Å². The number of nitrogens with zero attached hydrogens (tertiary/aromatic N) is 2. The summed E-state index contributed by atoms with van der Waals surface area (Å²) in [5, 5.41) is 4.17. The van der Waals surface area contributed by atoms with Crippen LogP contribution in [0.1, 0.15) is 0 Å². The third kappa shape index (κ3) is 1.40. The van der Waals surface area contributed by atoms with E-state index in [9.17, 15) is 0 Å². The van der Waals surface area contributed by atoms with Crippen LogP contribution < -0.4 is 16.2 Å². The highest BCUT2D eigenvalue weighted by Gasteiger charge is 2.07. The van der Waals surface area contributed by atoms with Crippen LogP contribution >= 0.6 is 0 Å². The summed E-state index contributed by atoms with van der Waals surface area (Å²) in [6.45, 7) is 0.809. The monoisotopic (exact) mass is 202 g/mol. The number of rotatable bonds is 2. The number of fused-ring (bicyclic) bond motifs is 1. The minimum absolute atomic E-state index is 0.795. The van der Waals surface area contributed by atoms with Crippen molar-refractivity contribution in [2.45, 2.75) is 0 Å². The quantitative estimate of drug-likeness (QED) is 0.564. The first-order valence-corrected chi connectivity index (χ1v) is 4.67. The van der Waals surface area contributed by atoms with Crippen molar-refractivity contribution < 1.29 is 0 Å². The van der Waals surface area contributed by atoms with Crippen LogP contribution in [0.2, 0.25) is 0 Å². The number of aromatic amines is 1. The van der Waals surface area contributed by atoms with E-state index in [0.29, 0.717) is 0 Å². The van der Waals surface area contributed by atoms with Gasteiger partial charge in [-0.15, -0.1) is 0 Å². The second kappa shape index (κ2) is 3.25. The van der Waals surface area contributed by atoms with Crippen molar-refractivity contribution >= 4 is 16.9 Å². The van der Waals surface area contributed by atoms with Crippen molar-refractivity contribution in [1.82, 2.24) is 25.8 Å². The zero-order valence-electron chi connectivity index (χ0n) is 7.91. The standard InChI is InChI=1S/C9H10N6/c1-3-10-8-6(1)9(12-5-11-8)14-7-2-4-13-15-7/h1-3,5,13,15H,4H2,(H2,10,11,12,14). The van der Waals surface area contributed by atoms with Crippen molar-refractivity contribution in [3.8, 4) is 0 Å². The molecule has 0 aliphatic carbocycles. The van der Waals surface area contributed by atoms with Crippen molar-refractivity contribution in [2.75, 3.05) is 11.9 Å². The Hall–Kier alpha value is -2.08. The van der Waals surface area contributed by atoms with Gasteiger partial charge in [0.2, 0.25) is 0 Å². The summed E-state index contributed by atoms with van der Waals surface area (Å²) in [6, 6.07) is 1.95. The molecule has 2 aromatic rings. The Morgan fingerprint density at radius 1 is 1.33 bits per heavy atom. The molecule has 15 heavy (non-hydrogen) atoms. The van der Waals surface area contributed by atoms with Crippen LogP contribution in [0.5, 0.6) is 0 Å². The van der Waals surface area contributed by atoms with Gasteiger partial charge in [0.1, 0.15) is 23.6 Å². The molecular weight excluding hydrogens is 192 g/mol. The molecule has 0 aromatic carbocycles. The zero-order chi connectivity index (χ0) is 10.1. The third-order valence-electron chi connectivity index (χ3n) is 2.24. The Kier molecular flexibility index (Phi) is 1.79. The van der Waals surface area contributed by atoms with Crippen LogP contribution in [0.3, 0.4) is 0 Å². The molecule has 0 bridgehead atoms. The van der Waals surface area contributed by atoms with Crippen LogP contribution in [0, 0.1) is 0 Å². The number of H-pyrrole nitrogens is 1.